The highest BCUT2D eigenvalue weighted by Gasteiger charge is 2.29. The number of anilines is 1. The lowest BCUT2D eigenvalue weighted by Gasteiger charge is -2.31. The van der Waals surface area contributed by atoms with Crippen LogP contribution in [0.5, 0.6) is 0 Å². The van der Waals surface area contributed by atoms with Gasteiger partial charge in [0.25, 0.3) is 5.01 Å². The molecule has 0 radical (unpaired) electrons. The van der Waals surface area contributed by atoms with Crippen LogP contribution in [0.25, 0.3) is 16.3 Å². The molecule has 5 heteroatoms. The van der Waals surface area contributed by atoms with Crippen LogP contribution >= 0.6 is 23.1 Å². The van der Waals surface area contributed by atoms with Gasteiger partial charge in [0.15, 0.2) is 0 Å². The zero-order valence-corrected chi connectivity index (χ0v) is 25.1. The summed E-state index contributed by atoms with van der Waals surface area (Å²) in [6, 6.07) is 17.6. The average Bonchev–Trinajstić information content (AvgIpc) is 3.42. The minimum Gasteiger partial charge on any atom is -1.00 e. The number of fused-ring (bicyclic) bond motifs is 3. The van der Waals surface area contributed by atoms with E-state index in [9.17, 15) is 0 Å². The molecule has 1 atom stereocenters. The molecule has 1 aromatic heterocycles. The molecule has 3 aliphatic rings. The van der Waals surface area contributed by atoms with E-state index in [0.717, 1.165) is 13.1 Å². The van der Waals surface area contributed by atoms with Crippen molar-refractivity contribution in [2.24, 2.45) is 5.92 Å². The van der Waals surface area contributed by atoms with E-state index < -0.39 is 0 Å². The zero-order chi connectivity index (χ0) is 23.9. The van der Waals surface area contributed by atoms with Gasteiger partial charge in [-0.2, -0.15) is 4.57 Å². The minimum absolute atomic E-state index is 0. The summed E-state index contributed by atoms with van der Waals surface area (Å²) >= 11 is 3.84. The fourth-order valence-corrected chi connectivity index (χ4v) is 8.27. The number of aromatic nitrogens is 1. The molecule has 2 nitrogen and oxygen atoms in total. The number of allylic oxidation sites excluding steroid dienone is 6. The maximum absolute atomic E-state index is 2.53. The summed E-state index contributed by atoms with van der Waals surface area (Å²) in [7, 11) is 0. The highest BCUT2D eigenvalue weighted by atomic mass is 127. The normalized spacial score (nSPS) is 21.6. The smallest absolute Gasteiger partial charge is 0.263 e. The molecule has 186 valence electrons. The van der Waals surface area contributed by atoms with Crippen LogP contribution in [0.4, 0.5) is 5.69 Å². The van der Waals surface area contributed by atoms with Gasteiger partial charge in [-0.1, -0.05) is 53.4 Å². The Kier molecular flexibility index (Phi) is 7.80. The number of hydrogen-bond donors (Lipinski definition) is 0. The number of rotatable bonds is 4. The Balaban J connectivity index is 0.00000267. The maximum atomic E-state index is 2.53. The van der Waals surface area contributed by atoms with Crippen LogP contribution in [0.1, 0.15) is 51.5 Å². The number of hydrogen-bond acceptors (Lipinski definition) is 3. The second kappa shape index (κ2) is 10.9. The third-order valence-corrected chi connectivity index (χ3v) is 9.98. The van der Waals surface area contributed by atoms with E-state index in [0.29, 0.717) is 5.92 Å². The minimum atomic E-state index is 0. The van der Waals surface area contributed by atoms with E-state index in [2.05, 4.69) is 97.0 Å². The van der Waals surface area contributed by atoms with Crippen molar-refractivity contribution in [1.82, 2.24) is 0 Å². The molecular formula is C31H33IN2S2. The highest BCUT2D eigenvalue weighted by molar-refractivity contribution is 8.03. The van der Waals surface area contributed by atoms with Gasteiger partial charge >= 0.3 is 0 Å². The average molecular weight is 625 g/mol. The lowest BCUT2D eigenvalue weighted by Crippen LogP contribution is -3.00. The number of aryl methyl sites for hydroxylation is 1. The van der Waals surface area contributed by atoms with Crippen molar-refractivity contribution in [2.75, 3.05) is 11.4 Å². The standard InChI is InChI=1S/C31H33N2S2.HI/c1-4-32-26-10-6-8-12-28(26)34-30(32)19-22-14-15-23-16-17-24(21(3)25(23)18-22)20-31-33(5-2)27-11-7-9-13-29(27)35-31;/h6-13,18-20,23H,4-5,14-17H2,1-3H3;1H/q+1;/p-1. The SMILES string of the molecule is CCN1/C(=C/C2=CC3=C(C)/C(=C/c4sc5ccccc5[n+]4CC)CCC3CC2)Sc2ccccc21.[I-]. The second-order valence-electron chi connectivity index (χ2n) is 9.69. The number of thioether (sulfide) groups is 1. The fraction of sp³-hybridized carbons (Fsp3) is 0.323. The molecule has 0 saturated carbocycles. The van der Waals surface area contributed by atoms with Gasteiger partial charge in [-0.25, -0.2) is 0 Å². The topological polar surface area (TPSA) is 7.12 Å². The van der Waals surface area contributed by atoms with Crippen LogP contribution in [0.2, 0.25) is 0 Å². The first-order valence-corrected chi connectivity index (χ1v) is 14.6. The Morgan fingerprint density at radius 2 is 1.78 bits per heavy atom. The van der Waals surface area contributed by atoms with E-state index in [1.54, 1.807) is 5.57 Å². The molecule has 0 spiro atoms. The Morgan fingerprint density at radius 1 is 1.00 bits per heavy atom. The molecule has 1 unspecified atom stereocenters. The summed E-state index contributed by atoms with van der Waals surface area (Å²) in [5.41, 5.74) is 8.79. The zero-order valence-electron chi connectivity index (χ0n) is 21.3. The summed E-state index contributed by atoms with van der Waals surface area (Å²) in [6.45, 7) is 8.89. The molecule has 2 aliphatic carbocycles. The number of benzene rings is 2. The van der Waals surface area contributed by atoms with Gasteiger partial charge in [-0.15, -0.1) is 0 Å². The lowest BCUT2D eigenvalue weighted by molar-refractivity contribution is -0.665. The molecule has 3 aromatic rings. The molecule has 0 saturated heterocycles. The van der Waals surface area contributed by atoms with Crippen LogP contribution in [-0.2, 0) is 6.54 Å². The Morgan fingerprint density at radius 3 is 2.61 bits per heavy atom. The third-order valence-electron chi connectivity index (χ3n) is 7.75. The van der Waals surface area contributed by atoms with Crippen LogP contribution < -0.4 is 33.4 Å². The van der Waals surface area contributed by atoms with Crippen molar-refractivity contribution in [3.05, 3.63) is 93.0 Å². The predicted octanol–water partition coefficient (Wildman–Crippen LogP) is 5.52. The molecule has 6 rings (SSSR count). The quantitative estimate of drug-likeness (QED) is 0.279. The van der Waals surface area contributed by atoms with E-state index in [1.807, 2.05) is 23.1 Å². The van der Waals surface area contributed by atoms with Crippen molar-refractivity contribution in [3.63, 3.8) is 0 Å². The van der Waals surface area contributed by atoms with E-state index in [1.165, 1.54) is 73.2 Å². The number of para-hydroxylation sites is 2. The second-order valence-corrected chi connectivity index (χ2v) is 11.8. The van der Waals surface area contributed by atoms with Gasteiger partial charge in [-0.3, -0.25) is 0 Å². The molecule has 1 aliphatic heterocycles. The summed E-state index contributed by atoms with van der Waals surface area (Å²) in [5.74, 6) is 0.714. The van der Waals surface area contributed by atoms with Gasteiger partial charge in [0.2, 0.25) is 5.52 Å². The summed E-state index contributed by atoms with van der Waals surface area (Å²) in [6.07, 6.45) is 12.4. The fourth-order valence-electron chi connectivity index (χ4n) is 5.88. The summed E-state index contributed by atoms with van der Waals surface area (Å²) < 4.78 is 3.85. The highest BCUT2D eigenvalue weighted by Crippen LogP contribution is 2.47. The molecule has 36 heavy (non-hydrogen) atoms. The molecule has 2 aromatic carbocycles. The molecule has 2 heterocycles. The van der Waals surface area contributed by atoms with E-state index in [-0.39, 0.29) is 24.0 Å². The number of halogens is 1. The summed E-state index contributed by atoms with van der Waals surface area (Å²) in [4.78, 5) is 3.84. The van der Waals surface area contributed by atoms with Gasteiger partial charge in [0.1, 0.15) is 11.2 Å². The van der Waals surface area contributed by atoms with Crippen molar-refractivity contribution in [2.45, 2.75) is 57.9 Å². The van der Waals surface area contributed by atoms with Gasteiger partial charge in [0.05, 0.1) is 10.7 Å². The first-order valence-electron chi connectivity index (χ1n) is 13.0. The van der Waals surface area contributed by atoms with Crippen molar-refractivity contribution < 1.29 is 28.5 Å². The van der Waals surface area contributed by atoms with Crippen molar-refractivity contribution in [1.29, 1.82) is 0 Å². The third kappa shape index (κ3) is 4.63. The van der Waals surface area contributed by atoms with Crippen molar-refractivity contribution >= 4 is 45.1 Å². The van der Waals surface area contributed by atoms with Crippen LogP contribution in [0, 0.1) is 5.92 Å². The first-order chi connectivity index (χ1) is 17.2. The van der Waals surface area contributed by atoms with Crippen LogP contribution in [0.3, 0.4) is 0 Å². The number of thiazole rings is 1. The molecule has 0 fully saturated rings. The first kappa shape index (κ1) is 25.8. The molecular weight excluding hydrogens is 591 g/mol. The van der Waals surface area contributed by atoms with Crippen LogP contribution in [0.15, 0.2) is 92.9 Å². The monoisotopic (exact) mass is 624 g/mol. The largest absolute Gasteiger partial charge is 1.00 e. The number of nitrogens with zero attached hydrogens (tertiary/aromatic N) is 2. The van der Waals surface area contributed by atoms with Gasteiger partial charge in [-0.05, 0) is 98.9 Å². The lowest BCUT2D eigenvalue weighted by atomic mass is 9.74. The maximum Gasteiger partial charge on any atom is 0.263 e. The van der Waals surface area contributed by atoms with E-state index >= 15 is 0 Å². The van der Waals surface area contributed by atoms with Gasteiger partial charge in [0, 0.05) is 23.6 Å². The molecule has 0 N–H and O–H groups in total. The van der Waals surface area contributed by atoms with E-state index in [4.69, 9.17) is 0 Å². The van der Waals surface area contributed by atoms with Crippen LogP contribution in [-0.4, -0.2) is 6.54 Å². The van der Waals surface area contributed by atoms with Crippen molar-refractivity contribution in [3.8, 4) is 0 Å². The molecule has 0 amide bonds. The Bertz CT molecular complexity index is 1430. The summed E-state index contributed by atoms with van der Waals surface area (Å²) in [5, 5.41) is 2.75. The Hall–Kier alpha value is -1.83. The predicted molar refractivity (Wildman–Crippen MR) is 152 cm³/mol. The molecule has 0 bridgehead atoms. The Labute approximate surface area is 240 Å². The van der Waals surface area contributed by atoms with Gasteiger partial charge < -0.3 is 28.9 Å².